The summed E-state index contributed by atoms with van der Waals surface area (Å²) in [6, 6.07) is 5.90. The summed E-state index contributed by atoms with van der Waals surface area (Å²) in [6.45, 7) is 14.8. The van der Waals surface area contributed by atoms with Gasteiger partial charge in [0.15, 0.2) is 0 Å². The maximum Gasteiger partial charge on any atom is 0.326 e. The molecule has 0 radical (unpaired) electrons. The number of methoxy groups -OCH3 is 2. The summed E-state index contributed by atoms with van der Waals surface area (Å²) in [7, 11) is 6.71. The van der Waals surface area contributed by atoms with Gasteiger partial charge in [-0.15, -0.1) is 0 Å². The van der Waals surface area contributed by atoms with Crippen LogP contribution in [0.25, 0.3) is 0 Å². The Morgan fingerprint density at radius 2 is 1.59 bits per heavy atom. The first-order valence-corrected chi connectivity index (χ1v) is 21.5. The smallest absolute Gasteiger partial charge is 0.326 e. The highest BCUT2D eigenvalue weighted by molar-refractivity contribution is 7.98. The van der Waals surface area contributed by atoms with Gasteiger partial charge in [-0.2, -0.15) is 11.8 Å². The average molecular weight is 806 g/mol. The number of carbonyl (C=O) groups excluding carboxylic acids is 4. The number of thioether (sulfide) groups is 1. The van der Waals surface area contributed by atoms with Crippen molar-refractivity contribution in [3.05, 3.63) is 35.9 Å². The maximum absolute atomic E-state index is 14.4. The molecule has 0 aromatic heterocycles. The Morgan fingerprint density at radius 1 is 0.946 bits per heavy atom. The Balaban J connectivity index is 2.28. The molecule has 1 saturated heterocycles. The van der Waals surface area contributed by atoms with Gasteiger partial charge < -0.3 is 35.0 Å². The van der Waals surface area contributed by atoms with Gasteiger partial charge in [0.1, 0.15) is 12.1 Å². The van der Waals surface area contributed by atoms with Crippen molar-refractivity contribution >= 4 is 41.4 Å². The fourth-order valence-corrected chi connectivity index (χ4v) is 8.49. The fourth-order valence-electron chi connectivity index (χ4n) is 8.02. The Morgan fingerprint density at radius 3 is 2.11 bits per heavy atom. The van der Waals surface area contributed by atoms with Crippen LogP contribution in [0.2, 0.25) is 0 Å². The number of likely N-dealkylation sites (N-methyl/N-ethyl adjacent to an activating group) is 2. The van der Waals surface area contributed by atoms with Crippen LogP contribution in [0.4, 0.5) is 0 Å². The number of carboxylic acids is 1. The Hall–Kier alpha value is -3.20. The van der Waals surface area contributed by atoms with Gasteiger partial charge in [-0.25, -0.2) is 4.79 Å². The Labute approximate surface area is 340 Å². The van der Waals surface area contributed by atoms with Crippen LogP contribution < -0.4 is 10.6 Å². The summed E-state index contributed by atoms with van der Waals surface area (Å²) >= 11 is 1.72. The number of hydrogen-bond donors (Lipinski definition) is 3. The van der Waals surface area contributed by atoms with Crippen molar-refractivity contribution in [2.75, 3.05) is 53.4 Å². The molecule has 9 atom stereocenters. The molecular formula is C42H71N5O8S. The van der Waals surface area contributed by atoms with E-state index in [-0.39, 0.29) is 48.3 Å². The van der Waals surface area contributed by atoms with Gasteiger partial charge >= 0.3 is 5.97 Å². The van der Waals surface area contributed by atoms with Crippen molar-refractivity contribution < 1.29 is 38.6 Å². The van der Waals surface area contributed by atoms with Gasteiger partial charge in [-0.05, 0) is 49.5 Å². The largest absolute Gasteiger partial charge is 0.480 e. The van der Waals surface area contributed by atoms with Gasteiger partial charge in [0.25, 0.3) is 0 Å². The van der Waals surface area contributed by atoms with Crippen LogP contribution in [-0.4, -0.2) is 145 Å². The van der Waals surface area contributed by atoms with E-state index >= 15 is 0 Å². The minimum Gasteiger partial charge on any atom is -0.480 e. The minimum atomic E-state index is -1.14. The van der Waals surface area contributed by atoms with Crippen molar-refractivity contribution in [3.8, 4) is 0 Å². The lowest BCUT2D eigenvalue weighted by molar-refractivity contribution is -0.148. The normalized spacial score (nSPS) is 18.8. The molecule has 14 heteroatoms. The number of carbonyl (C=O) groups is 5. The van der Waals surface area contributed by atoms with Crippen LogP contribution in [0.5, 0.6) is 0 Å². The molecule has 3 N–H and O–H groups in total. The number of aliphatic carboxylic acids is 1. The highest BCUT2D eigenvalue weighted by atomic mass is 32.2. The third-order valence-corrected chi connectivity index (χ3v) is 12.0. The van der Waals surface area contributed by atoms with Crippen LogP contribution >= 0.6 is 11.8 Å². The third-order valence-electron chi connectivity index (χ3n) is 11.4. The number of ether oxygens (including phenoxy) is 2. The van der Waals surface area contributed by atoms with Crippen LogP contribution in [0.1, 0.15) is 79.7 Å². The number of nitrogens with zero attached hydrogens (tertiary/aromatic N) is 3. The standard InChI is InChI=1S/C42H71N5O8S/c1-13-28(6)37(46(9)41(51)35(26(2)3)44-40(50)36(27(4)5)45(8)22-23-56-12)33(54-10)25-34(48)47-21-17-20-32(47)38(55-11)29(7)39(49)43-31(42(52)53)24-30-18-15-14-16-19-30/h14-16,18-19,26-29,31-33,35-38H,13,17,20-25H2,1-12H3,(H,43,49)(H,44,50)(H,52,53)/t28-,29+,31-,32?,33+,35?,36?,37-,38+/m0/s1. The average Bonchev–Trinajstić information content (AvgIpc) is 3.65. The SMILES string of the molecule is CC[C@H](C)[C@@H]([C@@H](CC(=O)N1CCCC1[C@H](OC)[C@@H](C)C(=O)N[C@@H](Cc1ccccc1)C(=O)O)OC)N(C)C(=O)C(NC(=O)C(C(C)C)N(C)CCSC)C(C)C. The van der Waals surface area contributed by atoms with E-state index < -0.39 is 60.2 Å². The lowest BCUT2D eigenvalue weighted by Crippen LogP contribution is -2.60. The molecule has 2 rings (SSSR count). The summed E-state index contributed by atoms with van der Waals surface area (Å²) in [5.74, 6) is -2.30. The van der Waals surface area contributed by atoms with Crippen LogP contribution in [0.3, 0.4) is 0 Å². The number of carboxylic acid groups (broad SMARTS) is 1. The number of amides is 4. The molecule has 1 heterocycles. The minimum absolute atomic E-state index is 0.0107. The molecule has 1 aromatic carbocycles. The van der Waals surface area contributed by atoms with E-state index in [9.17, 15) is 29.1 Å². The Bertz CT molecular complexity index is 1400. The topological polar surface area (TPSA) is 158 Å². The Kier molecular flexibility index (Phi) is 20.9. The predicted molar refractivity (Wildman–Crippen MR) is 222 cm³/mol. The van der Waals surface area contributed by atoms with Crippen molar-refractivity contribution in [2.24, 2.45) is 23.7 Å². The number of nitrogens with one attached hydrogen (secondary N) is 2. The number of hydrogen-bond acceptors (Lipinski definition) is 9. The predicted octanol–water partition coefficient (Wildman–Crippen LogP) is 4.18. The van der Waals surface area contributed by atoms with E-state index in [0.717, 1.165) is 24.3 Å². The second-order valence-corrected chi connectivity index (χ2v) is 17.1. The second kappa shape index (κ2) is 23.9. The molecule has 1 aliphatic rings. The van der Waals surface area contributed by atoms with Crippen molar-refractivity contribution in [3.63, 3.8) is 0 Å². The van der Waals surface area contributed by atoms with E-state index in [1.165, 1.54) is 7.11 Å². The first kappa shape index (κ1) is 48.9. The third kappa shape index (κ3) is 13.4. The van der Waals surface area contributed by atoms with Crippen LogP contribution in [-0.2, 0) is 39.9 Å². The second-order valence-electron chi connectivity index (χ2n) is 16.1. The summed E-state index contributed by atoms with van der Waals surface area (Å²) in [5.41, 5.74) is 0.786. The van der Waals surface area contributed by atoms with Crippen molar-refractivity contribution in [1.82, 2.24) is 25.3 Å². The summed E-state index contributed by atoms with van der Waals surface area (Å²) in [6.07, 6.45) is 2.85. The van der Waals surface area contributed by atoms with E-state index in [1.807, 2.05) is 90.1 Å². The van der Waals surface area contributed by atoms with Gasteiger partial charge in [0.2, 0.25) is 23.6 Å². The molecule has 0 bridgehead atoms. The monoisotopic (exact) mass is 806 g/mol. The molecule has 0 saturated carbocycles. The summed E-state index contributed by atoms with van der Waals surface area (Å²) in [4.78, 5) is 73.4. The zero-order chi connectivity index (χ0) is 42.3. The molecule has 13 nitrogen and oxygen atoms in total. The van der Waals surface area contributed by atoms with Gasteiger partial charge in [0, 0.05) is 46.5 Å². The highest BCUT2D eigenvalue weighted by Gasteiger charge is 2.43. The fraction of sp³-hybridized carbons (Fsp3) is 0.738. The van der Waals surface area contributed by atoms with Gasteiger partial charge in [-0.3, -0.25) is 24.1 Å². The zero-order valence-corrected chi connectivity index (χ0v) is 36.8. The van der Waals surface area contributed by atoms with Crippen molar-refractivity contribution in [2.45, 2.75) is 123 Å². The molecule has 4 amide bonds. The van der Waals surface area contributed by atoms with E-state index in [2.05, 4.69) is 10.6 Å². The molecule has 0 spiro atoms. The molecule has 56 heavy (non-hydrogen) atoms. The zero-order valence-electron chi connectivity index (χ0n) is 35.9. The van der Waals surface area contributed by atoms with Crippen LogP contribution in [0.15, 0.2) is 30.3 Å². The lowest BCUT2D eigenvalue weighted by Gasteiger charge is -2.41. The van der Waals surface area contributed by atoms with Gasteiger partial charge in [-0.1, -0.05) is 85.2 Å². The molecule has 0 aliphatic carbocycles. The molecular weight excluding hydrogens is 735 g/mol. The molecule has 1 aliphatic heterocycles. The molecule has 1 fully saturated rings. The maximum atomic E-state index is 14.4. The first-order valence-electron chi connectivity index (χ1n) is 20.1. The summed E-state index contributed by atoms with van der Waals surface area (Å²) in [5, 5.41) is 15.7. The molecule has 318 valence electrons. The van der Waals surface area contributed by atoms with E-state index in [4.69, 9.17) is 9.47 Å². The van der Waals surface area contributed by atoms with Crippen molar-refractivity contribution in [1.29, 1.82) is 0 Å². The van der Waals surface area contributed by atoms with Crippen LogP contribution in [0, 0.1) is 23.7 Å². The van der Waals surface area contributed by atoms with E-state index in [0.29, 0.717) is 19.4 Å². The quantitative estimate of drug-likeness (QED) is 0.139. The molecule has 1 aromatic rings. The summed E-state index contributed by atoms with van der Waals surface area (Å²) < 4.78 is 11.9. The lowest BCUT2D eigenvalue weighted by atomic mass is 9.89. The highest BCUT2D eigenvalue weighted by Crippen LogP contribution is 2.30. The number of likely N-dealkylation sites (tertiary alicyclic amines) is 1. The molecule has 3 unspecified atom stereocenters. The number of benzene rings is 1. The van der Waals surface area contributed by atoms with Gasteiger partial charge in [0.05, 0.1) is 42.7 Å². The first-order chi connectivity index (χ1) is 26.4. The number of rotatable bonds is 24. The van der Waals surface area contributed by atoms with E-state index in [1.54, 1.807) is 42.6 Å².